The van der Waals surface area contributed by atoms with Crippen molar-refractivity contribution in [3.63, 3.8) is 0 Å². The Hall–Kier alpha value is -2.01. The van der Waals surface area contributed by atoms with Crippen molar-refractivity contribution in [3.05, 3.63) is 58.1 Å². The lowest BCUT2D eigenvalue weighted by Crippen LogP contribution is -2.03. The van der Waals surface area contributed by atoms with Gasteiger partial charge in [0.2, 0.25) is 0 Å². The van der Waals surface area contributed by atoms with Crippen LogP contribution in [-0.4, -0.2) is 17.7 Å². The number of hydrogen-bond acceptors (Lipinski definition) is 3. The fraction of sp³-hybridized carbons (Fsp3) is 0.188. The molecule has 0 unspecified atom stereocenters. The van der Waals surface area contributed by atoms with Crippen LogP contribution < -0.4 is 9.47 Å². The molecule has 2 aromatic carbocycles. The molecule has 0 heterocycles. The van der Waals surface area contributed by atoms with E-state index in [2.05, 4.69) is 15.9 Å². The molecule has 0 aliphatic rings. The number of rotatable bonds is 6. The number of ether oxygens (including phenoxy) is 2. The van der Waals surface area contributed by atoms with E-state index in [0.717, 1.165) is 15.8 Å². The molecule has 1 N–H and O–H groups in total. The van der Waals surface area contributed by atoms with Gasteiger partial charge in [-0.2, -0.15) is 0 Å². The van der Waals surface area contributed by atoms with Crippen LogP contribution >= 0.6 is 15.9 Å². The molecule has 0 spiro atoms. The highest BCUT2D eigenvalue weighted by molar-refractivity contribution is 9.10. The number of benzene rings is 2. The Morgan fingerprint density at radius 1 is 1.14 bits per heavy atom. The third-order valence-electron chi connectivity index (χ3n) is 2.80. The summed E-state index contributed by atoms with van der Waals surface area (Å²) >= 11 is 3.31. The molecule has 0 saturated heterocycles. The highest BCUT2D eigenvalue weighted by atomic mass is 79.9. The van der Waals surface area contributed by atoms with E-state index in [1.54, 1.807) is 12.1 Å². The smallest absolute Gasteiger partial charge is 0.339 e. The number of hydrogen-bond donors (Lipinski definition) is 1. The number of halogens is 1. The maximum absolute atomic E-state index is 11.1. The zero-order valence-electron chi connectivity index (χ0n) is 11.5. The second-order valence-electron chi connectivity index (χ2n) is 4.31. The first-order valence-electron chi connectivity index (χ1n) is 6.47. The van der Waals surface area contributed by atoms with Gasteiger partial charge in [-0.1, -0.05) is 28.1 Å². The molecule has 4 nitrogen and oxygen atoms in total. The lowest BCUT2D eigenvalue weighted by molar-refractivity contribution is 0.0691. The van der Waals surface area contributed by atoms with Crippen molar-refractivity contribution < 1.29 is 19.4 Å². The first-order valence-corrected chi connectivity index (χ1v) is 7.27. The van der Waals surface area contributed by atoms with E-state index in [9.17, 15) is 4.79 Å². The molecule has 0 atom stereocenters. The molecule has 0 amide bonds. The van der Waals surface area contributed by atoms with Gasteiger partial charge in [0.25, 0.3) is 0 Å². The molecule has 0 aromatic heterocycles. The van der Waals surface area contributed by atoms with Crippen LogP contribution in [0, 0.1) is 0 Å². The maximum atomic E-state index is 11.1. The van der Waals surface area contributed by atoms with E-state index in [1.807, 2.05) is 31.2 Å². The van der Waals surface area contributed by atoms with Crippen LogP contribution in [0.5, 0.6) is 11.5 Å². The fourth-order valence-corrected chi connectivity index (χ4v) is 2.14. The van der Waals surface area contributed by atoms with Crippen LogP contribution in [0.4, 0.5) is 0 Å². The summed E-state index contributed by atoms with van der Waals surface area (Å²) in [6.07, 6.45) is 0. The average molecular weight is 351 g/mol. The molecule has 2 rings (SSSR count). The monoisotopic (exact) mass is 350 g/mol. The SMILES string of the molecule is CCOc1ccc(COc2cc(Br)ccc2C(=O)O)cc1. The number of carboxylic acid groups (broad SMARTS) is 1. The summed E-state index contributed by atoms with van der Waals surface area (Å²) < 4.78 is 11.8. The summed E-state index contributed by atoms with van der Waals surface area (Å²) in [6, 6.07) is 12.3. The Bertz CT molecular complexity index is 623. The van der Waals surface area contributed by atoms with Crippen LogP contribution in [0.3, 0.4) is 0 Å². The summed E-state index contributed by atoms with van der Waals surface area (Å²) in [5.41, 5.74) is 1.08. The largest absolute Gasteiger partial charge is 0.494 e. The van der Waals surface area contributed by atoms with Crippen molar-refractivity contribution in [3.8, 4) is 11.5 Å². The summed E-state index contributed by atoms with van der Waals surface area (Å²) in [5.74, 6) is 0.130. The average Bonchev–Trinajstić information content (AvgIpc) is 2.46. The zero-order chi connectivity index (χ0) is 15.2. The molecular weight excluding hydrogens is 336 g/mol. The molecule has 0 bridgehead atoms. The molecular formula is C16H15BrO4. The van der Waals surface area contributed by atoms with Gasteiger partial charge >= 0.3 is 5.97 Å². The third-order valence-corrected chi connectivity index (χ3v) is 3.30. The molecule has 5 heteroatoms. The fourth-order valence-electron chi connectivity index (χ4n) is 1.80. The van der Waals surface area contributed by atoms with Crippen molar-refractivity contribution in [1.29, 1.82) is 0 Å². The van der Waals surface area contributed by atoms with E-state index in [4.69, 9.17) is 14.6 Å². The van der Waals surface area contributed by atoms with Crippen LogP contribution in [0.2, 0.25) is 0 Å². The third kappa shape index (κ3) is 4.23. The van der Waals surface area contributed by atoms with Crippen LogP contribution in [0.25, 0.3) is 0 Å². The highest BCUT2D eigenvalue weighted by Crippen LogP contribution is 2.25. The zero-order valence-corrected chi connectivity index (χ0v) is 13.1. The topological polar surface area (TPSA) is 55.8 Å². The van der Waals surface area contributed by atoms with Crippen LogP contribution in [-0.2, 0) is 6.61 Å². The van der Waals surface area contributed by atoms with Gasteiger partial charge in [-0.25, -0.2) is 4.79 Å². The second kappa shape index (κ2) is 7.13. The van der Waals surface area contributed by atoms with E-state index >= 15 is 0 Å². The molecule has 110 valence electrons. The number of carbonyl (C=O) groups is 1. The van der Waals surface area contributed by atoms with Crippen molar-refractivity contribution in [2.45, 2.75) is 13.5 Å². The summed E-state index contributed by atoms with van der Waals surface area (Å²) in [5, 5.41) is 9.14. The minimum absolute atomic E-state index is 0.143. The predicted octanol–water partition coefficient (Wildman–Crippen LogP) is 4.13. The Kier molecular flexibility index (Phi) is 5.22. The Labute approximate surface area is 131 Å². The molecule has 0 aliphatic heterocycles. The molecule has 0 radical (unpaired) electrons. The van der Waals surface area contributed by atoms with Gasteiger partial charge in [-0.3, -0.25) is 0 Å². The highest BCUT2D eigenvalue weighted by Gasteiger charge is 2.11. The first kappa shape index (κ1) is 15.4. The van der Waals surface area contributed by atoms with Crippen molar-refractivity contribution >= 4 is 21.9 Å². The summed E-state index contributed by atoms with van der Waals surface area (Å²) in [6.45, 7) is 2.84. The quantitative estimate of drug-likeness (QED) is 0.850. The van der Waals surface area contributed by atoms with Gasteiger partial charge in [0.05, 0.1) is 6.61 Å². The lowest BCUT2D eigenvalue weighted by Gasteiger charge is -2.10. The second-order valence-corrected chi connectivity index (χ2v) is 5.23. The predicted molar refractivity (Wildman–Crippen MR) is 83.0 cm³/mol. The van der Waals surface area contributed by atoms with E-state index in [-0.39, 0.29) is 5.56 Å². The van der Waals surface area contributed by atoms with Gasteiger partial charge < -0.3 is 14.6 Å². The molecule has 21 heavy (non-hydrogen) atoms. The lowest BCUT2D eigenvalue weighted by atomic mass is 10.2. The molecule has 0 fully saturated rings. The minimum atomic E-state index is -1.01. The Morgan fingerprint density at radius 2 is 1.86 bits per heavy atom. The van der Waals surface area contributed by atoms with Crippen molar-refractivity contribution in [2.24, 2.45) is 0 Å². The van der Waals surface area contributed by atoms with Gasteiger partial charge in [0.1, 0.15) is 23.7 Å². The number of aromatic carboxylic acids is 1. The summed E-state index contributed by atoms with van der Waals surface area (Å²) in [7, 11) is 0. The number of carboxylic acids is 1. The van der Waals surface area contributed by atoms with E-state index in [0.29, 0.717) is 19.0 Å². The normalized spacial score (nSPS) is 10.2. The van der Waals surface area contributed by atoms with E-state index in [1.165, 1.54) is 6.07 Å². The van der Waals surface area contributed by atoms with Crippen LogP contribution in [0.1, 0.15) is 22.8 Å². The Morgan fingerprint density at radius 3 is 2.48 bits per heavy atom. The molecule has 2 aromatic rings. The van der Waals surface area contributed by atoms with Crippen LogP contribution in [0.15, 0.2) is 46.9 Å². The first-order chi connectivity index (χ1) is 10.1. The van der Waals surface area contributed by atoms with Crippen molar-refractivity contribution in [1.82, 2.24) is 0 Å². The standard InChI is InChI=1S/C16H15BrO4/c1-2-20-13-6-3-11(4-7-13)10-21-15-9-12(17)5-8-14(15)16(18)19/h3-9H,2,10H2,1H3,(H,18,19). The molecule has 0 aliphatic carbocycles. The van der Waals surface area contributed by atoms with Gasteiger partial charge in [-0.15, -0.1) is 0 Å². The maximum Gasteiger partial charge on any atom is 0.339 e. The minimum Gasteiger partial charge on any atom is -0.494 e. The Balaban J connectivity index is 2.08. The molecule has 0 saturated carbocycles. The van der Waals surface area contributed by atoms with Gasteiger partial charge in [-0.05, 0) is 42.8 Å². The van der Waals surface area contributed by atoms with Gasteiger partial charge in [0, 0.05) is 4.47 Å². The van der Waals surface area contributed by atoms with E-state index < -0.39 is 5.97 Å². The summed E-state index contributed by atoms with van der Waals surface area (Å²) in [4.78, 5) is 11.1. The van der Waals surface area contributed by atoms with Crippen molar-refractivity contribution in [2.75, 3.05) is 6.61 Å². The van der Waals surface area contributed by atoms with Gasteiger partial charge in [0.15, 0.2) is 0 Å².